The first-order chi connectivity index (χ1) is 16.0. The maximum Gasteiger partial charge on any atom is 0.254 e. The number of ketones is 1. The molecule has 33 heavy (non-hydrogen) atoms. The van der Waals surface area contributed by atoms with Gasteiger partial charge in [0.15, 0.2) is 5.78 Å². The van der Waals surface area contributed by atoms with Gasteiger partial charge in [-0.2, -0.15) is 5.10 Å². The first-order valence-corrected chi connectivity index (χ1v) is 11.9. The van der Waals surface area contributed by atoms with Crippen LogP contribution in [0.25, 0.3) is 5.69 Å². The molecular formula is C24H30N6O3. The largest absolute Gasteiger partial charge is 0.329 e. The Morgan fingerprint density at radius 3 is 2.52 bits per heavy atom. The van der Waals surface area contributed by atoms with Crippen LogP contribution >= 0.6 is 0 Å². The number of hydrogen-bond acceptors (Lipinski definition) is 6. The van der Waals surface area contributed by atoms with Crippen molar-refractivity contribution >= 4 is 17.6 Å². The first-order valence-electron chi connectivity index (χ1n) is 11.9. The summed E-state index contributed by atoms with van der Waals surface area (Å²) >= 11 is 0. The smallest absolute Gasteiger partial charge is 0.254 e. The number of nitrogens with zero attached hydrogens (tertiary/aromatic N) is 5. The van der Waals surface area contributed by atoms with Gasteiger partial charge >= 0.3 is 0 Å². The molecule has 3 fully saturated rings. The quantitative estimate of drug-likeness (QED) is 0.739. The minimum Gasteiger partial charge on any atom is -0.329 e. The number of rotatable bonds is 5. The Morgan fingerprint density at radius 2 is 1.82 bits per heavy atom. The number of benzene rings is 1. The molecule has 2 aromatic rings. The molecular weight excluding hydrogens is 420 g/mol. The van der Waals surface area contributed by atoms with Gasteiger partial charge in [-0.1, -0.05) is 32.1 Å². The van der Waals surface area contributed by atoms with E-state index in [9.17, 15) is 14.4 Å². The van der Waals surface area contributed by atoms with Crippen LogP contribution < -0.4 is 5.73 Å². The number of fused-ring (bicyclic) bond motifs is 1. The molecule has 3 heterocycles. The highest BCUT2D eigenvalue weighted by Crippen LogP contribution is 2.33. The predicted octanol–water partition coefficient (Wildman–Crippen LogP) is 1.56. The zero-order valence-corrected chi connectivity index (χ0v) is 18.7. The van der Waals surface area contributed by atoms with Crippen LogP contribution in [0.1, 0.15) is 55.3 Å². The maximum atomic E-state index is 13.2. The van der Waals surface area contributed by atoms with Gasteiger partial charge < -0.3 is 15.5 Å². The molecule has 2 aliphatic heterocycles. The molecule has 2 amide bonds. The minimum absolute atomic E-state index is 0.0284. The lowest BCUT2D eigenvalue weighted by molar-refractivity contribution is -0.137. The average molecular weight is 451 g/mol. The lowest BCUT2D eigenvalue weighted by Gasteiger charge is -2.29. The van der Waals surface area contributed by atoms with Crippen LogP contribution in [-0.4, -0.2) is 73.4 Å². The molecule has 3 aliphatic rings. The highest BCUT2D eigenvalue weighted by molar-refractivity contribution is 6.02. The Balaban J connectivity index is 1.25. The molecule has 174 valence electrons. The molecule has 5 rings (SSSR count). The number of carbonyl (C=O) groups is 3. The molecule has 0 radical (unpaired) electrons. The van der Waals surface area contributed by atoms with Crippen LogP contribution in [0.4, 0.5) is 0 Å². The number of aromatic nitrogens is 3. The molecule has 1 aromatic heterocycles. The van der Waals surface area contributed by atoms with Crippen LogP contribution in [0.2, 0.25) is 0 Å². The topological polar surface area (TPSA) is 114 Å². The third kappa shape index (κ3) is 4.17. The molecule has 1 aromatic carbocycles. The van der Waals surface area contributed by atoms with Gasteiger partial charge in [0.05, 0.1) is 24.3 Å². The Labute approximate surface area is 192 Å². The highest BCUT2D eigenvalue weighted by atomic mass is 16.2. The van der Waals surface area contributed by atoms with E-state index in [4.69, 9.17) is 5.73 Å². The second-order valence-corrected chi connectivity index (χ2v) is 9.47. The van der Waals surface area contributed by atoms with E-state index in [0.717, 1.165) is 18.5 Å². The van der Waals surface area contributed by atoms with Crippen molar-refractivity contribution in [2.75, 3.05) is 13.1 Å². The molecule has 3 atom stereocenters. The van der Waals surface area contributed by atoms with Crippen molar-refractivity contribution < 1.29 is 14.4 Å². The van der Waals surface area contributed by atoms with Gasteiger partial charge in [-0.15, -0.1) is 0 Å². The van der Waals surface area contributed by atoms with Crippen molar-refractivity contribution in [3.05, 3.63) is 42.5 Å². The van der Waals surface area contributed by atoms with Gasteiger partial charge in [0.2, 0.25) is 5.91 Å². The minimum atomic E-state index is -0.576. The van der Waals surface area contributed by atoms with Gasteiger partial charge in [0.25, 0.3) is 5.91 Å². The molecule has 0 spiro atoms. The lowest BCUT2D eigenvalue weighted by atomic mass is 9.84. The summed E-state index contributed by atoms with van der Waals surface area (Å²) in [5, 5.41) is 4.09. The van der Waals surface area contributed by atoms with Crippen LogP contribution in [0, 0.1) is 5.92 Å². The predicted molar refractivity (Wildman–Crippen MR) is 120 cm³/mol. The summed E-state index contributed by atoms with van der Waals surface area (Å²) in [6.07, 6.45) is 10.2. The monoisotopic (exact) mass is 450 g/mol. The van der Waals surface area contributed by atoms with Crippen molar-refractivity contribution in [1.29, 1.82) is 0 Å². The van der Waals surface area contributed by atoms with Gasteiger partial charge in [-0.3, -0.25) is 14.4 Å². The Hall–Kier alpha value is -3.07. The standard InChI is InChI=1S/C24H30N6O3/c25-19(12-16-4-2-1-3-5-16)24(33)28-11-10-20-22(28)21(31)13-29(20)23(32)17-6-8-18(9-7-17)30-15-26-14-27-30/h6-9,14-16,19-20,22H,1-5,10-13,25H2/t19-,20?,22?/m0/s1. The summed E-state index contributed by atoms with van der Waals surface area (Å²) < 4.78 is 1.61. The first kappa shape index (κ1) is 21.8. The van der Waals surface area contributed by atoms with E-state index in [1.165, 1.54) is 25.6 Å². The highest BCUT2D eigenvalue weighted by Gasteiger charge is 2.52. The molecule has 0 bridgehead atoms. The van der Waals surface area contributed by atoms with Crippen LogP contribution in [0.3, 0.4) is 0 Å². The van der Waals surface area contributed by atoms with E-state index in [2.05, 4.69) is 10.1 Å². The summed E-state index contributed by atoms with van der Waals surface area (Å²) in [6, 6.07) is 5.62. The van der Waals surface area contributed by atoms with Crippen LogP contribution in [0.5, 0.6) is 0 Å². The molecule has 2 saturated heterocycles. The third-order valence-electron chi connectivity index (χ3n) is 7.39. The van der Waals surface area contributed by atoms with E-state index < -0.39 is 12.1 Å². The van der Waals surface area contributed by atoms with Crippen molar-refractivity contribution in [1.82, 2.24) is 24.6 Å². The Kier molecular flexibility index (Phi) is 5.97. The van der Waals surface area contributed by atoms with Crippen molar-refractivity contribution in [2.24, 2.45) is 11.7 Å². The molecule has 2 unspecified atom stereocenters. The zero-order chi connectivity index (χ0) is 22.9. The molecule has 1 aliphatic carbocycles. The van der Waals surface area contributed by atoms with Crippen LogP contribution in [-0.2, 0) is 9.59 Å². The molecule has 9 heteroatoms. The fourth-order valence-corrected chi connectivity index (χ4v) is 5.70. The van der Waals surface area contributed by atoms with Gasteiger partial charge in [-0.25, -0.2) is 9.67 Å². The maximum absolute atomic E-state index is 13.2. The number of likely N-dealkylation sites (tertiary alicyclic amines) is 2. The van der Waals surface area contributed by atoms with Gasteiger partial charge in [0, 0.05) is 12.1 Å². The van der Waals surface area contributed by atoms with Gasteiger partial charge in [0.1, 0.15) is 18.7 Å². The van der Waals surface area contributed by atoms with E-state index in [1.807, 2.05) is 0 Å². The number of carbonyl (C=O) groups excluding carboxylic acids is 3. The average Bonchev–Trinajstić information content (AvgIpc) is 3.58. The fraction of sp³-hybridized carbons (Fsp3) is 0.542. The lowest BCUT2D eigenvalue weighted by Crippen LogP contribution is -2.50. The van der Waals surface area contributed by atoms with Crippen molar-refractivity contribution in [3.63, 3.8) is 0 Å². The van der Waals surface area contributed by atoms with E-state index in [-0.39, 0.29) is 30.2 Å². The van der Waals surface area contributed by atoms with E-state index >= 15 is 0 Å². The molecule has 9 nitrogen and oxygen atoms in total. The number of Topliss-reactive ketones (excluding diaryl/α,β-unsaturated/α-hetero) is 1. The second kappa shape index (κ2) is 9.05. The van der Waals surface area contributed by atoms with Crippen molar-refractivity contribution in [2.45, 2.75) is 63.1 Å². The summed E-state index contributed by atoms with van der Waals surface area (Å²) in [4.78, 5) is 46.4. The normalized spacial score (nSPS) is 24.2. The molecule has 1 saturated carbocycles. The van der Waals surface area contributed by atoms with E-state index in [0.29, 0.717) is 30.9 Å². The Morgan fingerprint density at radius 1 is 1.06 bits per heavy atom. The van der Waals surface area contributed by atoms with E-state index in [1.54, 1.807) is 45.1 Å². The number of hydrogen-bond donors (Lipinski definition) is 1. The van der Waals surface area contributed by atoms with Crippen LogP contribution in [0.15, 0.2) is 36.9 Å². The second-order valence-electron chi connectivity index (χ2n) is 9.47. The zero-order valence-electron chi connectivity index (χ0n) is 18.7. The summed E-state index contributed by atoms with van der Waals surface area (Å²) in [5.74, 6) is 0.0759. The Bertz CT molecular complexity index is 1020. The third-order valence-corrected chi connectivity index (χ3v) is 7.39. The summed E-state index contributed by atoms with van der Waals surface area (Å²) in [5.41, 5.74) is 7.60. The number of nitrogens with two attached hydrogens (primary N) is 1. The number of amides is 2. The van der Waals surface area contributed by atoms with Gasteiger partial charge in [-0.05, 0) is 43.0 Å². The summed E-state index contributed by atoms with van der Waals surface area (Å²) in [6.45, 7) is 0.494. The summed E-state index contributed by atoms with van der Waals surface area (Å²) in [7, 11) is 0. The molecule has 2 N–H and O–H groups in total. The fourth-order valence-electron chi connectivity index (χ4n) is 5.70. The van der Waals surface area contributed by atoms with Crippen molar-refractivity contribution in [3.8, 4) is 5.69 Å². The SMILES string of the molecule is N[C@@H](CC1CCCCC1)C(=O)N1CCC2C1C(=O)CN2C(=O)c1ccc(-n2cncn2)cc1.